The SMILES string of the molecule is COc1cc([C@@H](C)N)ccc1OCC(=O)N(C)C1CC1. The zero-order valence-corrected chi connectivity index (χ0v) is 12.3. The van der Waals surface area contributed by atoms with Crippen molar-refractivity contribution in [2.45, 2.75) is 31.8 Å². The molecule has 5 heteroatoms. The van der Waals surface area contributed by atoms with Crippen molar-refractivity contribution in [3.8, 4) is 11.5 Å². The monoisotopic (exact) mass is 278 g/mol. The average Bonchev–Trinajstić information content (AvgIpc) is 3.28. The Hall–Kier alpha value is -1.75. The predicted octanol–water partition coefficient (Wildman–Crippen LogP) is 1.71. The highest BCUT2D eigenvalue weighted by molar-refractivity contribution is 5.78. The molecule has 2 N–H and O–H groups in total. The highest BCUT2D eigenvalue weighted by atomic mass is 16.5. The van der Waals surface area contributed by atoms with Crippen molar-refractivity contribution < 1.29 is 14.3 Å². The summed E-state index contributed by atoms with van der Waals surface area (Å²) < 4.78 is 10.8. The molecule has 2 rings (SSSR count). The Bertz CT molecular complexity index is 484. The van der Waals surface area contributed by atoms with Gasteiger partial charge in [0.2, 0.25) is 0 Å². The molecule has 1 atom stereocenters. The molecule has 0 spiro atoms. The van der Waals surface area contributed by atoms with E-state index >= 15 is 0 Å². The molecule has 1 aromatic rings. The zero-order chi connectivity index (χ0) is 14.7. The van der Waals surface area contributed by atoms with Crippen LogP contribution in [0.25, 0.3) is 0 Å². The molecular weight excluding hydrogens is 256 g/mol. The Kier molecular flexibility index (Phi) is 4.49. The fraction of sp³-hybridized carbons (Fsp3) is 0.533. The maximum atomic E-state index is 11.9. The molecular formula is C15H22N2O3. The van der Waals surface area contributed by atoms with Crippen molar-refractivity contribution in [3.63, 3.8) is 0 Å². The van der Waals surface area contributed by atoms with E-state index in [0.717, 1.165) is 18.4 Å². The highest BCUT2D eigenvalue weighted by Gasteiger charge is 2.29. The van der Waals surface area contributed by atoms with Gasteiger partial charge in [0, 0.05) is 19.1 Å². The molecule has 0 radical (unpaired) electrons. The number of methoxy groups -OCH3 is 1. The molecule has 1 aliphatic rings. The number of amides is 1. The first kappa shape index (κ1) is 14.7. The van der Waals surface area contributed by atoms with Crippen LogP contribution >= 0.6 is 0 Å². The van der Waals surface area contributed by atoms with Crippen LogP contribution in [0, 0.1) is 0 Å². The quantitative estimate of drug-likeness (QED) is 0.860. The summed E-state index contributed by atoms with van der Waals surface area (Å²) in [7, 11) is 3.39. The van der Waals surface area contributed by atoms with Crippen LogP contribution in [0.3, 0.4) is 0 Å². The summed E-state index contributed by atoms with van der Waals surface area (Å²) in [6.07, 6.45) is 2.18. The van der Waals surface area contributed by atoms with E-state index in [-0.39, 0.29) is 18.6 Å². The van der Waals surface area contributed by atoms with Crippen molar-refractivity contribution in [2.24, 2.45) is 5.73 Å². The lowest BCUT2D eigenvalue weighted by Crippen LogP contribution is -2.33. The Morgan fingerprint density at radius 3 is 2.70 bits per heavy atom. The van der Waals surface area contributed by atoms with Crippen LogP contribution in [0.1, 0.15) is 31.4 Å². The van der Waals surface area contributed by atoms with E-state index in [1.807, 2.05) is 26.1 Å². The topological polar surface area (TPSA) is 64.8 Å². The van der Waals surface area contributed by atoms with E-state index in [0.29, 0.717) is 17.5 Å². The summed E-state index contributed by atoms with van der Waals surface area (Å²) in [6, 6.07) is 5.85. The Morgan fingerprint density at radius 1 is 1.45 bits per heavy atom. The lowest BCUT2D eigenvalue weighted by Gasteiger charge is -2.18. The van der Waals surface area contributed by atoms with Crippen molar-refractivity contribution in [1.29, 1.82) is 0 Å². The van der Waals surface area contributed by atoms with Crippen LogP contribution in [-0.4, -0.2) is 37.6 Å². The maximum Gasteiger partial charge on any atom is 0.260 e. The molecule has 5 nitrogen and oxygen atoms in total. The molecule has 0 bridgehead atoms. The van der Waals surface area contributed by atoms with Gasteiger partial charge in [-0.1, -0.05) is 6.07 Å². The summed E-state index contributed by atoms with van der Waals surface area (Å²) in [5, 5.41) is 0. The fourth-order valence-corrected chi connectivity index (χ4v) is 1.99. The number of benzene rings is 1. The number of carbonyl (C=O) groups is 1. The molecule has 1 aromatic carbocycles. The van der Waals surface area contributed by atoms with Crippen LogP contribution in [0.15, 0.2) is 18.2 Å². The first-order chi connectivity index (χ1) is 9.52. The second kappa shape index (κ2) is 6.13. The Morgan fingerprint density at radius 2 is 2.15 bits per heavy atom. The van der Waals surface area contributed by atoms with Gasteiger partial charge < -0.3 is 20.1 Å². The van der Waals surface area contributed by atoms with E-state index < -0.39 is 0 Å². The summed E-state index contributed by atoms with van der Waals surface area (Å²) in [4.78, 5) is 13.7. The fourth-order valence-electron chi connectivity index (χ4n) is 1.99. The standard InChI is InChI=1S/C15H22N2O3/c1-10(16)11-4-7-13(14(8-11)19-3)20-9-15(18)17(2)12-5-6-12/h4,7-8,10,12H,5-6,9,16H2,1-3H3/t10-/m1/s1. The third-order valence-electron chi connectivity index (χ3n) is 3.55. The van der Waals surface area contributed by atoms with Crippen molar-refractivity contribution in [1.82, 2.24) is 4.90 Å². The van der Waals surface area contributed by atoms with Crippen LogP contribution < -0.4 is 15.2 Å². The number of nitrogens with zero attached hydrogens (tertiary/aromatic N) is 1. The van der Waals surface area contributed by atoms with E-state index in [9.17, 15) is 4.79 Å². The molecule has 0 aromatic heterocycles. The minimum atomic E-state index is -0.0689. The zero-order valence-electron chi connectivity index (χ0n) is 12.3. The average molecular weight is 278 g/mol. The number of carbonyl (C=O) groups excluding carboxylic acids is 1. The summed E-state index contributed by atoms with van der Waals surface area (Å²) >= 11 is 0. The van der Waals surface area contributed by atoms with Gasteiger partial charge in [-0.15, -0.1) is 0 Å². The van der Waals surface area contributed by atoms with E-state index in [1.54, 1.807) is 18.1 Å². The van der Waals surface area contributed by atoms with E-state index in [4.69, 9.17) is 15.2 Å². The van der Waals surface area contributed by atoms with Gasteiger partial charge in [-0.2, -0.15) is 0 Å². The minimum Gasteiger partial charge on any atom is -0.493 e. The van der Waals surface area contributed by atoms with E-state index in [2.05, 4.69) is 0 Å². The van der Waals surface area contributed by atoms with Gasteiger partial charge in [-0.05, 0) is 37.5 Å². The number of ether oxygens (including phenoxy) is 2. The van der Waals surface area contributed by atoms with Gasteiger partial charge in [0.05, 0.1) is 7.11 Å². The van der Waals surface area contributed by atoms with Crippen molar-refractivity contribution in [2.75, 3.05) is 20.8 Å². The van der Waals surface area contributed by atoms with Gasteiger partial charge in [0.15, 0.2) is 18.1 Å². The molecule has 0 heterocycles. The second-order valence-corrected chi connectivity index (χ2v) is 5.22. The van der Waals surface area contributed by atoms with Gasteiger partial charge in [-0.25, -0.2) is 0 Å². The number of likely N-dealkylation sites (N-methyl/N-ethyl adjacent to an activating group) is 1. The molecule has 1 amide bonds. The first-order valence-electron chi connectivity index (χ1n) is 6.85. The first-order valence-corrected chi connectivity index (χ1v) is 6.85. The smallest absolute Gasteiger partial charge is 0.260 e. The second-order valence-electron chi connectivity index (χ2n) is 5.22. The normalized spacial score (nSPS) is 15.6. The van der Waals surface area contributed by atoms with Gasteiger partial charge in [-0.3, -0.25) is 4.79 Å². The largest absolute Gasteiger partial charge is 0.493 e. The van der Waals surface area contributed by atoms with Crippen molar-refractivity contribution >= 4 is 5.91 Å². The van der Waals surface area contributed by atoms with Crippen molar-refractivity contribution in [3.05, 3.63) is 23.8 Å². The predicted molar refractivity (Wildman–Crippen MR) is 76.9 cm³/mol. The minimum absolute atomic E-state index is 0.00850. The Labute approximate surface area is 119 Å². The summed E-state index contributed by atoms with van der Waals surface area (Å²) in [5.74, 6) is 1.15. The third kappa shape index (κ3) is 3.42. The third-order valence-corrected chi connectivity index (χ3v) is 3.55. The maximum absolute atomic E-state index is 11.9. The van der Waals surface area contributed by atoms with Crippen LogP contribution in [-0.2, 0) is 4.79 Å². The molecule has 1 fully saturated rings. The van der Waals surface area contributed by atoms with Gasteiger partial charge in [0.1, 0.15) is 0 Å². The molecule has 110 valence electrons. The van der Waals surface area contributed by atoms with Crippen LogP contribution in [0.2, 0.25) is 0 Å². The van der Waals surface area contributed by atoms with Crippen LogP contribution in [0.4, 0.5) is 0 Å². The Balaban J connectivity index is 1.99. The molecule has 0 aliphatic heterocycles. The molecule has 20 heavy (non-hydrogen) atoms. The number of hydrogen-bond acceptors (Lipinski definition) is 4. The van der Waals surface area contributed by atoms with Gasteiger partial charge >= 0.3 is 0 Å². The molecule has 0 unspecified atom stereocenters. The summed E-state index contributed by atoms with van der Waals surface area (Å²) in [5.41, 5.74) is 6.80. The molecule has 0 saturated heterocycles. The lowest BCUT2D eigenvalue weighted by atomic mass is 10.1. The molecule has 1 aliphatic carbocycles. The van der Waals surface area contributed by atoms with E-state index in [1.165, 1.54) is 0 Å². The van der Waals surface area contributed by atoms with Crippen LogP contribution in [0.5, 0.6) is 11.5 Å². The number of hydrogen-bond donors (Lipinski definition) is 1. The number of rotatable bonds is 6. The van der Waals surface area contributed by atoms with Gasteiger partial charge in [0.25, 0.3) is 5.91 Å². The molecule has 1 saturated carbocycles. The number of nitrogens with two attached hydrogens (primary N) is 1. The summed E-state index contributed by atoms with van der Waals surface area (Å²) in [6.45, 7) is 1.93. The highest BCUT2D eigenvalue weighted by Crippen LogP contribution is 2.30. The lowest BCUT2D eigenvalue weighted by molar-refractivity contribution is -0.132.